The highest BCUT2D eigenvalue weighted by molar-refractivity contribution is 7.89. The van der Waals surface area contributed by atoms with E-state index >= 15 is 0 Å². The third kappa shape index (κ3) is 7.93. The van der Waals surface area contributed by atoms with Crippen LogP contribution in [0.3, 0.4) is 0 Å². The molecule has 0 aromatic heterocycles. The normalized spacial score (nSPS) is 11.2. The van der Waals surface area contributed by atoms with Crippen LogP contribution in [0, 0.1) is 5.92 Å². The first-order valence-corrected chi connectivity index (χ1v) is 12.1. The second-order valence-corrected chi connectivity index (χ2v) is 9.53. The van der Waals surface area contributed by atoms with Crippen LogP contribution in [-0.2, 0) is 10.0 Å². The van der Waals surface area contributed by atoms with E-state index in [1.165, 1.54) is 12.1 Å². The number of carbonyl (C=O) groups is 1. The predicted octanol–water partition coefficient (Wildman–Crippen LogP) is 3.93. The summed E-state index contributed by atoms with van der Waals surface area (Å²) in [6.45, 7) is 7.00. The molecule has 0 atom stereocenters. The first-order valence-electron chi connectivity index (χ1n) is 10.2. The molecule has 0 fully saturated rings. The van der Waals surface area contributed by atoms with E-state index in [1.54, 1.807) is 30.3 Å². The second kappa shape index (κ2) is 11.8. The van der Waals surface area contributed by atoms with Crippen LogP contribution in [0.5, 0.6) is 5.75 Å². The molecule has 1 amide bonds. The summed E-state index contributed by atoms with van der Waals surface area (Å²) >= 11 is 5.23. The molecule has 0 heterocycles. The number of benzene rings is 2. The molecule has 0 aliphatic heterocycles. The number of hydrogen-bond donors (Lipinski definition) is 3. The summed E-state index contributed by atoms with van der Waals surface area (Å²) in [5, 5.41) is 5.61. The minimum absolute atomic E-state index is 0.0988. The van der Waals surface area contributed by atoms with Crippen molar-refractivity contribution >= 4 is 38.9 Å². The van der Waals surface area contributed by atoms with Crippen LogP contribution in [0.15, 0.2) is 53.4 Å². The first kappa shape index (κ1) is 24.8. The van der Waals surface area contributed by atoms with Gasteiger partial charge in [-0.25, -0.2) is 13.1 Å². The van der Waals surface area contributed by atoms with Crippen molar-refractivity contribution in [3.63, 3.8) is 0 Å². The Balaban J connectivity index is 1.98. The van der Waals surface area contributed by atoms with E-state index < -0.39 is 10.0 Å². The molecule has 31 heavy (non-hydrogen) atoms. The summed E-state index contributed by atoms with van der Waals surface area (Å²) in [5.41, 5.74) is 0.944. The highest BCUT2D eigenvalue weighted by Crippen LogP contribution is 2.19. The van der Waals surface area contributed by atoms with Gasteiger partial charge in [-0.15, -0.1) is 0 Å². The van der Waals surface area contributed by atoms with Crippen molar-refractivity contribution in [1.29, 1.82) is 0 Å². The van der Waals surface area contributed by atoms with Crippen LogP contribution in [0.1, 0.15) is 44.0 Å². The minimum atomic E-state index is -3.53. The van der Waals surface area contributed by atoms with Crippen molar-refractivity contribution in [1.82, 2.24) is 10.0 Å². The highest BCUT2D eigenvalue weighted by atomic mass is 32.2. The third-order valence-corrected chi connectivity index (χ3v) is 5.96. The van der Waals surface area contributed by atoms with Gasteiger partial charge in [0.15, 0.2) is 5.11 Å². The fraction of sp³-hybridized carbons (Fsp3) is 0.364. The van der Waals surface area contributed by atoms with Gasteiger partial charge in [0, 0.05) is 12.2 Å². The van der Waals surface area contributed by atoms with E-state index in [4.69, 9.17) is 17.0 Å². The standard InChI is InChI=1S/C22H29N3O4S2/c1-4-14-23-31(27,28)18-11-9-17(10-12-18)24-22(30)25-21(26)19-7-5-6-8-20(19)29-15-13-16(2)3/h5-12,16,23H,4,13-15H2,1-3H3,(H2,24,25,26,30). The SMILES string of the molecule is CCCNS(=O)(=O)c1ccc(NC(=S)NC(=O)c2ccccc2OCCC(C)C)cc1. The van der Waals surface area contributed by atoms with Crippen LogP contribution >= 0.6 is 12.2 Å². The van der Waals surface area contributed by atoms with Crippen LogP contribution in [0.2, 0.25) is 0 Å². The van der Waals surface area contributed by atoms with Crippen LogP contribution < -0.4 is 20.1 Å². The van der Waals surface area contributed by atoms with Crippen molar-refractivity contribution in [3.8, 4) is 5.75 Å². The number of sulfonamides is 1. The van der Waals surface area contributed by atoms with Gasteiger partial charge >= 0.3 is 0 Å². The van der Waals surface area contributed by atoms with Crippen molar-refractivity contribution in [3.05, 3.63) is 54.1 Å². The monoisotopic (exact) mass is 463 g/mol. The Hall–Kier alpha value is -2.49. The lowest BCUT2D eigenvalue weighted by atomic mass is 10.1. The van der Waals surface area contributed by atoms with Crippen LogP contribution in [0.25, 0.3) is 0 Å². The lowest BCUT2D eigenvalue weighted by Crippen LogP contribution is -2.34. The van der Waals surface area contributed by atoms with E-state index in [-0.39, 0.29) is 15.9 Å². The van der Waals surface area contributed by atoms with Crippen molar-refractivity contribution < 1.29 is 17.9 Å². The summed E-state index contributed by atoms with van der Waals surface area (Å²) in [5.74, 6) is 0.611. The maximum absolute atomic E-state index is 12.6. The number of amides is 1. The molecule has 0 aliphatic rings. The molecule has 0 spiro atoms. The number of anilines is 1. The predicted molar refractivity (Wildman–Crippen MR) is 127 cm³/mol. The smallest absolute Gasteiger partial charge is 0.261 e. The third-order valence-electron chi connectivity index (χ3n) is 4.28. The zero-order valence-electron chi connectivity index (χ0n) is 18.0. The van der Waals surface area contributed by atoms with Crippen molar-refractivity contribution in [2.75, 3.05) is 18.5 Å². The number of nitrogens with one attached hydrogen (secondary N) is 3. The summed E-state index contributed by atoms with van der Waals surface area (Å²) < 4.78 is 32.6. The van der Waals surface area contributed by atoms with Crippen LogP contribution in [0.4, 0.5) is 5.69 Å². The lowest BCUT2D eigenvalue weighted by Gasteiger charge is -2.14. The molecule has 9 heteroatoms. The second-order valence-electron chi connectivity index (χ2n) is 7.36. The largest absolute Gasteiger partial charge is 0.493 e. The Morgan fingerprint density at radius 1 is 1.10 bits per heavy atom. The molecule has 7 nitrogen and oxygen atoms in total. The zero-order valence-corrected chi connectivity index (χ0v) is 19.6. The van der Waals surface area contributed by atoms with Gasteiger partial charge < -0.3 is 10.1 Å². The Kier molecular flexibility index (Phi) is 9.42. The van der Waals surface area contributed by atoms with Gasteiger partial charge in [0.05, 0.1) is 17.1 Å². The summed E-state index contributed by atoms with van der Waals surface area (Å²) in [7, 11) is -3.53. The molecule has 0 saturated heterocycles. The molecule has 168 valence electrons. The lowest BCUT2D eigenvalue weighted by molar-refractivity contribution is 0.0973. The number of thiocarbonyl (C=S) groups is 1. The average molecular weight is 464 g/mol. The Labute approximate surface area is 189 Å². The van der Waals surface area contributed by atoms with Gasteiger partial charge in [0.2, 0.25) is 10.0 Å². The van der Waals surface area contributed by atoms with E-state index in [1.807, 2.05) is 13.0 Å². The van der Waals surface area contributed by atoms with E-state index in [9.17, 15) is 13.2 Å². The van der Waals surface area contributed by atoms with Gasteiger partial charge in [-0.3, -0.25) is 10.1 Å². The summed E-state index contributed by atoms with van der Waals surface area (Å²) in [6, 6.07) is 13.1. The van der Waals surface area contributed by atoms with Gasteiger partial charge in [-0.05, 0) is 67.4 Å². The molecule has 3 N–H and O–H groups in total. The number of rotatable bonds is 10. The Morgan fingerprint density at radius 3 is 2.42 bits per heavy atom. The molecular weight excluding hydrogens is 434 g/mol. The highest BCUT2D eigenvalue weighted by Gasteiger charge is 2.15. The Morgan fingerprint density at radius 2 is 1.77 bits per heavy atom. The van der Waals surface area contributed by atoms with E-state index in [2.05, 4.69) is 29.2 Å². The van der Waals surface area contributed by atoms with Crippen molar-refractivity contribution in [2.24, 2.45) is 5.92 Å². The van der Waals surface area contributed by atoms with E-state index in [0.29, 0.717) is 42.5 Å². The van der Waals surface area contributed by atoms with Gasteiger partial charge in [-0.2, -0.15) is 0 Å². The fourth-order valence-electron chi connectivity index (χ4n) is 2.55. The maximum atomic E-state index is 12.6. The molecule has 2 aromatic carbocycles. The van der Waals surface area contributed by atoms with Crippen LogP contribution in [-0.4, -0.2) is 32.6 Å². The van der Waals surface area contributed by atoms with E-state index in [0.717, 1.165) is 6.42 Å². The summed E-state index contributed by atoms with van der Waals surface area (Å²) in [4.78, 5) is 12.8. The topological polar surface area (TPSA) is 96.5 Å². The molecule has 0 unspecified atom stereocenters. The van der Waals surface area contributed by atoms with Gasteiger partial charge in [0.1, 0.15) is 5.75 Å². The Bertz CT molecular complexity index is 990. The fourth-order valence-corrected chi connectivity index (χ4v) is 3.90. The molecule has 0 saturated carbocycles. The molecule has 2 aromatic rings. The quantitative estimate of drug-likeness (QED) is 0.462. The number of ether oxygens (including phenoxy) is 1. The maximum Gasteiger partial charge on any atom is 0.261 e. The first-order chi connectivity index (χ1) is 14.7. The van der Waals surface area contributed by atoms with Gasteiger partial charge in [0.25, 0.3) is 5.91 Å². The van der Waals surface area contributed by atoms with Crippen molar-refractivity contribution in [2.45, 2.75) is 38.5 Å². The minimum Gasteiger partial charge on any atom is -0.493 e. The molecule has 0 bridgehead atoms. The average Bonchev–Trinajstić information content (AvgIpc) is 2.72. The summed E-state index contributed by atoms with van der Waals surface area (Å²) in [6.07, 6.45) is 1.59. The molecular formula is C22H29N3O4S2. The zero-order chi connectivity index (χ0) is 22.9. The number of para-hydroxylation sites is 1. The van der Waals surface area contributed by atoms with Gasteiger partial charge in [-0.1, -0.05) is 32.9 Å². The molecule has 2 rings (SSSR count). The number of hydrogen-bond acceptors (Lipinski definition) is 5. The molecule has 0 radical (unpaired) electrons. The molecule has 0 aliphatic carbocycles. The number of carbonyl (C=O) groups excluding carboxylic acids is 1.